The van der Waals surface area contributed by atoms with E-state index >= 15 is 0 Å². The summed E-state index contributed by atoms with van der Waals surface area (Å²) < 4.78 is 0. The van der Waals surface area contributed by atoms with E-state index in [1.807, 2.05) is 9.80 Å². The first-order valence-electron chi connectivity index (χ1n) is 7.75. The van der Waals surface area contributed by atoms with Gasteiger partial charge in [-0.2, -0.15) is 0 Å². The van der Waals surface area contributed by atoms with Gasteiger partial charge in [-0.05, 0) is 32.7 Å². The predicted molar refractivity (Wildman–Crippen MR) is 76.5 cm³/mol. The maximum absolute atomic E-state index is 12.3. The zero-order valence-corrected chi connectivity index (χ0v) is 12.4. The lowest BCUT2D eigenvalue weighted by Gasteiger charge is -2.27. The summed E-state index contributed by atoms with van der Waals surface area (Å²) in [4.78, 5) is 27.5. The van der Waals surface area contributed by atoms with E-state index in [1.54, 1.807) is 6.92 Å². The number of likely N-dealkylation sites (tertiary alicyclic amines) is 2. The number of nitrogens with zero attached hydrogens (tertiary/aromatic N) is 2. The van der Waals surface area contributed by atoms with Crippen LogP contribution in [-0.2, 0) is 9.59 Å². The van der Waals surface area contributed by atoms with Crippen molar-refractivity contribution in [2.45, 2.75) is 45.4 Å². The van der Waals surface area contributed by atoms with Gasteiger partial charge >= 0.3 is 5.97 Å². The molecule has 1 amide bonds. The third-order valence-electron chi connectivity index (χ3n) is 4.64. The second-order valence-corrected chi connectivity index (χ2v) is 6.48. The predicted octanol–water partition coefficient (Wildman–Crippen LogP) is 1.58. The molecule has 5 nitrogen and oxygen atoms in total. The normalized spacial score (nSPS) is 28.9. The van der Waals surface area contributed by atoms with Crippen LogP contribution in [0.3, 0.4) is 0 Å². The topological polar surface area (TPSA) is 60.9 Å². The molecule has 2 fully saturated rings. The Kier molecular flexibility index (Phi) is 5.02. The van der Waals surface area contributed by atoms with E-state index in [1.165, 1.54) is 19.3 Å². The van der Waals surface area contributed by atoms with Gasteiger partial charge in [0, 0.05) is 19.6 Å². The zero-order chi connectivity index (χ0) is 14.6. The molecule has 1 N–H and O–H groups in total. The molecule has 5 heteroatoms. The van der Waals surface area contributed by atoms with E-state index in [9.17, 15) is 14.7 Å². The van der Waals surface area contributed by atoms with Crippen molar-refractivity contribution in [3.05, 3.63) is 0 Å². The summed E-state index contributed by atoms with van der Waals surface area (Å²) >= 11 is 0. The van der Waals surface area contributed by atoms with Crippen molar-refractivity contribution in [1.29, 1.82) is 0 Å². The summed E-state index contributed by atoms with van der Waals surface area (Å²) in [5, 5.41) is 9.22. The maximum atomic E-state index is 12.3. The smallest absolute Gasteiger partial charge is 0.310 e. The molecular weight excluding hydrogens is 256 g/mol. The molecule has 0 aliphatic carbocycles. The zero-order valence-electron chi connectivity index (χ0n) is 12.4. The molecule has 0 radical (unpaired) electrons. The first-order chi connectivity index (χ1) is 9.51. The first-order valence-corrected chi connectivity index (χ1v) is 7.75. The second kappa shape index (κ2) is 6.57. The van der Waals surface area contributed by atoms with Crippen LogP contribution in [0.15, 0.2) is 0 Å². The minimum Gasteiger partial charge on any atom is -0.481 e. The molecule has 0 aromatic rings. The molecule has 2 aliphatic rings. The molecule has 0 aromatic carbocycles. The highest BCUT2D eigenvalue weighted by atomic mass is 16.4. The lowest BCUT2D eigenvalue weighted by molar-refractivity contribution is -0.147. The third kappa shape index (κ3) is 3.72. The van der Waals surface area contributed by atoms with E-state index in [0.717, 1.165) is 25.9 Å². The van der Waals surface area contributed by atoms with Crippen molar-refractivity contribution < 1.29 is 14.7 Å². The fourth-order valence-electron chi connectivity index (χ4n) is 3.15. The summed E-state index contributed by atoms with van der Waals surface area (Å²) in [6, 6.07) is 0. The number of amides is 1. The highest BCUT2D eigenvalue weighted by molar-refractivity contribution is 5.79. The van der Waals surface area contributed by atoms with Gasteiger partial charge in [0.15, 0.2) is 0 Å². The van der Waals surface area contributed by atoms with Crippen molar-refractivity contribution in [3.63, 3.8) is 0 Å². The van der Waals surface area contributed by atoms with Crippen LogP contribution in [0, 0.1) is 5.41 Å². The lowest BCUT2D eigenvalue weighted by atomic mass is 9.90. The second-order valence-electron chi connectivity index (χ2n) is 6.48. The van der Waals surface area contributed by atoms with Crippen LogP contribution in [0.5, 0.6) is 0 Å². The molecule has 2 saturated heterocycles. The molecule has 2 rings (SSSR count). The van der Waals surface area contributed by atoms with Crippen molar-refractivity contribution in [2.75, 3.05) is 32.7 Å². The third-order valence-corrected chi connectivity index (χ3v) is 4.64. The van der Waals surface area contributed by atoms with Gasteiger partial charge in [-0.3, -0.25) is 14.5 Å². The summed E-state index contributed by atoms with van der Waals surface area (Å²) in [7, 11) is 0. The number of carbonyl (C=O) groups excluding carboxylic acids is 1. The van der Waals surface area contributed by atoms with Crippen LogP contribution in [0.1, 0.15) is 45.4 Å². The Morgan fingerprint density at radius 2 is 1.65 bits per heavy atom. The van der Waals surface area contributed by atoms with Crippen molar-refractivity contribution in [2.24, 2.45) is 5.41 Å². The van der Waals surface area contributed by atoms with Crippen LogP contribution in [0.4, 0.5) is 0 Å². The number of carbonyl (C=O) groups is 2. The van der Waals surface area contributed by atoms with E-state index in [0.29, 0.717) is 26.1 Å². The monoisotopic (exact) mass is 282 g/mol. The molecule has 1 atom stereocenters. The molecule has 114 valence electrons. The number of rotatable bonds is 3. The molecule has 2 heterocycles. The van der Waals surface area contributed by atoms with Gasteiger partial charge in [0.25, 0.3) is 0 Å². The van der Waals surface area contributed by atoms with E-state index < -0.39 is 11.4 Å². The SMILES string of the molecule is CC1(C(=O)O)CCN(CC(=O)N2CCCCCCC2)C1. The number of carboxylic acid groups (broad SMARTS) is 1. The van der Waals surface area contributed by atoms with E-state index in [4.69, 9.17) is 0 Å². The van der Waals surface area contributed by atoms with Crippen LogP contribution >= 0.6 is 0 Å². The summed E-state index contributed by atoms with van der Waals surface area (Å²) in [6.45, 7) is 5.08. The van der Waals surface area contributed by atoms with Gasteiger partial charge in [0.05, 0.1) is 12.0 Å². The molecular formula is C15H26N2O3. The van der Waals surface area contributed by atoms with Gasteiger partial charge in [0.1, 0.15) is 0 Å². The highest BCUT2D eigenvalue weighted by Crippen LogP contribution is 2.29. The molecule has 1 unspecified atom stereocenters. The van der Waals surface area contributed by atoms with E-state index in [-0.39, 0.29) is 5.91 Å². The molecule has 2 aliphatic heterocycles. The minimum absolute atomic E-state index is 0.168. The first kappa shape index (κ1) is 15.3. The van der Waals surface area contributed by atoms with Gasteiger partial charge in [-0.1, -0.05) is 19.3 Å². The van der Waals surface area contributed by atoms with Crippen LogP contribution in [-0.4, -0.2) is 59.5 Å². The maximum Gasteiger partial charge on any atom is 0.310 e. The standard InChI is InChI=1S/C15H26N2O3/c1-15(14(19)20)7-10-16(12-15)11-13(18)17-8-5-3-2-4-6-9-17/h2-12H2,1H3,(H,19,20). The molecule has 0 aromatic heterocycles. The van der Waals surface area contributed by atoms with Gasteiger partial charge in [0.2, 0.25) is 5.91 Å². The summed E-state index contributed by atoms with van der Waals surface area (Å²) in [6.07, 6.45) is 6.53. The van der Waals surface area contributed by atoms with E-state index in [2.05, 4.69) is 0 Å². The Morgan fingerprint density at radius 1 is 1.05 bits per heavy atom. The van der Waals surface area contributed by atoms with Crippen LogP contribution in [0.25, 0.3) is 0 Å². The van der Waals surface area contributed by atoms with Crippen LogP contribution in [0.2, 0.25) is 0 Å². The Bertz CT molecular complexity index is 364. The van der Waals surface area contributed by atoms with Gasteiger partial charge < -0.3 is 10.0 Å². The summed E-state index contributed by atoms with van der Waals surface area (Å²) in [5.74, 6) is -0.583. The Labute approximate surface area is 120 Å². The van der Waals surface area contributed by atoms with Gasteiger partial charge in [-0.25, -0.2) is 0 Å². The summed E-state index contributed by atoms with van der Waals surface area (Å²) in [5.41, 5.74) is -0.684. The Morgan fingerprint density at radius 3 is 2.20 bits per heavy atom. The molecule has 20 heavy (non-hydrogen) atoms. The number of aliphatic carboxylic acids is 1. The largest absolute Gasteiger partial charge is 0.481 e. The average Bonchev–Trinajstić information content (AvgIpc) is 2.71. The molecule has 0 saturated carbocycles. The number of hydrogen-bond donors (Lipinski definition) is 1. The van der Waals surface area contributed by atoms with Gasteiger partial charge in [-0.15, -0.1) is 0 Å². The quantitative estimate of drug-likeness (QED) is 0.853. The Hall–Kier alpha value is -1.10. The number of carboxylic acids is 1. The fourth-order valence-corrected chi connectivity index (χ4v) is 3.15. The number of hydrogen-bond acceptors (Lipinski definition) is 3. The molecule has 0 bridgehead atoms. The highest BCUT2D eigenvalue weighted by Gasteiger charge is 2.41. The van der Waals surface area contributed by atoms with Crippen molar-refractivity contribution >= 4 is 11.9 Å². The van der Waals surface area contributed by atoms with Crippen molar-refractivity contribution in [1.82, 2.24) is 9.80 Å². The lowest BCUT2D eigenvalue weighted by Crippen LogP contribution is -2.42. The fraction of sp³-hybridized carbons (Fsp3) is 0.867. The molecule has 0 spiro atoms. The minimum atomic E-state index is -0.751. The average molecular weight is 282 g/mol. The Balaban J connectivity index is 1.83. The van der Waals surface area contributed by atoms with Crippen LogP contribution < -0.4 is 0 Å². The van der Waals surface area contributed by atoms with Crippen molar-refractivity contribution in [3.8, 4) is 0 Å².